The van der Waals surface area contributed by atoms with E-state index in [1.165, 1.54) is 22.6 Å². The molecule has 2 N–H and O–H groups in total. The van der Waals surface area contributed by atoms with Crippen LogP contribution >= 0.6 is 11.8 Å². The maximum atomic E-state index is 13.5. The van der Waals surface area contributed by atoms with E-state index in [1.54, 1.807) is 24.3 Å². The van der Waals surface area contributed by atoms with E-state index < -0.39 is 23.5 Å². The molecule has 13 heteroatoms. The van der Waals surface area contributed by atoms with Gasteiger partial charge < -0.3 is 10.6 Å². The van der Waals surface area contributed by atoms with E-state index in [0.29, 0.717) is 45.7 Å². The van der Waals surface area contributed by atoms with Crippen LogP contribution in [0.4, 0.5) is 26.3 Å². The Kier molecular flexibility index (Phi) is 5.86. The Morgan fingerprint density at radius 1 is 1.06 bits per heavy atom. The topological polar surface area (TPSA) is 76.5 Å². The number of halogens is 6. The normalized spacial score (nSPS) is 18.3. The third kappa shape index (κ3) is 4.72. The fourth-order valence-electron chi connectivity index (χ4n) is 3.99. The van der Waals surface area contributed by atoms with E-state index in [2.05, 4.69) is 10.1 Å². The number of thioether (sulfide) groups is 1. The van der Waals surface area contributed by atoms with E-state index in [1.807, 2.05) is 4.90 Å². The lowest BCUT2D eigenvalue weighted by atomic mass is 10.0. The quantitative estimate of drug-likeness (QED) is 0.395. The highest BCUT2D eigenvalue weighted by Gasteiger charge is 2.38. The van der Waals surface area contributed by atoms with Gasteiger partial charge in [0.1, 0.15) is 0 Å². The summed E-state index contributed by atoms with van der Waals surface area (Å²) in [5.74, 6) is -0.367. The lowest BCUT2D eigenvalue weighted by Gasteiger charge is -2.37. The summed E-state index contributed by atoms with van der Waals surface area (Å²) in [6, 6.07) is 6.65. The summed E-state index contributed by atoms with van der Waals surface area (Å²) < 4.78 is 80.7. The predicted molar refractivity (Wildman–Crippen MR) is 123 cm³/mol. The largest absolute Gasteiger partial charge is 0.416 e. The monoisotopic (exact) mass is 525 g/mol. The Morgan fingerprint density at radius 3 is 2.47 bits per heavy atom. The molecule has 3 heterocycles. The number of nitrogens with zero attached hydrogens (tertiary/aromatic N) is 4. The van der Waals surface area contributed by atoms with Crippen molar-refractivity contribution < 1.29 is 31.1 Å². The summed E-state index contributed by atoms with van der Waals surface area (Å²) >= 11 is 1.24. The summed E-state index contributed by atoms with van der Waals surface area (Å²) in [6.07, 6.45) is -6.75. The molecule has 3 aromatic rings. The zero-order valence-corrected chi connectivity index (χ0v) is 19.1. The Labute approximate surface area is 204 Å². The summed E-state index contributed by atoms with van der Waals surface area (Å²) in [4.78, 5) is 18.7. The maximum Gasteiger partial charge on any atom is 0.416 e. The smallest absolute Gasteiger partial charge is 0.348 e. The van der Waals surface area contributed by atoms with Crippen molar-refractivity contribution >= 4 is 39.8 Å². The molecule has 188 valence electrons. The molecule has 5 rings (SSSR count). The van der Waals surface area contributed by atoms with Crippen LogP contribution in [-0.4, -0.2) is 44.9 Å². The van der Waals surface area contributed by atoms with E-state index in [9.17, 15) is 31.1 Å². The van der Waals surface area contributed by atoms with Crippen LogP contribution in [0.3, 0.4) is 0 Å². The molecule has 0 spiro atoms. The number of alkyl halides is 6. The highest BCUT2D eigenvalue weighted by molar-refractivity contribution is 8.18. The minimum absolute atomic E-state index is 0.0603. The van der Waals surface area contributed by atoms with Gasteiger partial charge in [-0.05, 0) is 53.2 Å². The van der Waals surface area contributed by atoms with Gasteiger partial charge in [0.15, 0.2) is 5.17 Å². The van der Waals surface area contributed by atoms with Crippen LogP contribution in [0.2, 0.25) is 0 Å². The van der Waals surface area contributed by atoms with Gasteiger partial charge in [-0.25, -0.2) is 0 Å². The number of likely N-dealkylation sites (tertiary alicyclic amines) is 1. The standard InChI is InChI=1S/C23H17F6N5OS/c24-22(25,26)15-3-2-13(17(7-15)23(27,28)29)9-34-18-4-1-12(5-14(18)8-31-34)6-19-20(35)32-21(36-19)33-10-16(30)11-33/h1-8,16H,9-11,30H2/b19-6-. The van der Waals surface area contributed by atoms with Crippen LogP contribution in [0.15, 0.2) is 52.5 Å². The number of benzene rings is 2. The number of hydrogen-bond donors (Lipinski definition) is 1. The Morgan fingerprint density at radius 2 is 1.81 bits per heavy atom. The third-order valence-electron chi connectivity index (χ3n) is 5.82. The fraction of sp³-hybridized carbons (Fsp3) is 0.261. The second-order valence-electron chi connectivity index (χ2n) is 8.46. The molecule has 2 aliphatic heterocycles. The molecule has 1 amide bonds. The molecule has 1 saturated heterocycles. The summed E-state index contributed by atoms with van der Waals surface area (Å²) in [7, 11) is 0. The first-order chi connectivity index (χ1) is 16.9. The average Bonchev–Trinajstić information content (AvgIpc) is 3.33. The fourth-order valence-corrected chi connectivity index (χ4v) is 4.92. The van der Waals surface area contributed by atoms with Crippen molar-refractivity contribution in [3.63, 3.8) is 0 Å². The molecule has 2 aliphatic rings. The molecular weight excluding hydrogens is 508 g/mol. The Bertz CT molecular complexity index is 1420. The molecule has 2 aromatic carbocycles. The first-order valence-electron chi connectivity index (χ1n) is 10.6. The Balaban J connectivity index is 1.39. The number of carbonyl (C=O) groups is 1. The molecule has 1 fully saturated rings. The van der Waals surface area contributed by atoms with Crippen molar-refractivity contribution in [3.8, 4) is 0 Å². The summed E-state index contributed by atoms with van der Waals surface area (Å²) in [5.41, 5.74) is 3.86. The van der Waals surface area contributed by atoms with Crippen LogP contribution in [0.1, 0.15) is 22.3 Å². The number of carbonyl (C=O) groups excluding carboxylic acids is 1. The second kappa shape index (κ2) is 8.66. The number of fused-ring (bicyclic) bond motifs is 1. The van der Waals surface area contributed by atoms with E-state index in [-0.39, 0.29) is 30.1 Å². The van der Waals surface area contributed by atoms with Gasteiger partial charge in [-0.15, -0.1) is 0 Å². The van der Waals surface area contributed by atoms with Crippen molar-refractivity contribution in [3.05, 3.63) is 69.8 Å². The number of amides is 1. The maximum absolute atomic E-state index is 13.5. The molecule has 0 unspecified atom stereocenters. The van der Waals surface area contributed by atoms with Crippen LogP contribution in [0, 0.1) is 0 Å². The third-order valence-corrected chi connectivity index (χ3v) is 6.86. The zero-order chi connectivity index (χ0) is 25.8. The first-order valence-corrected chi connectivity index (χ1v) is 11.5. The van der Waals surface area contributed by atoms with Gasteiger partial charge in [-0.1, -0.05) is 12.1 Å². The van der Waals surface area contributed by atoms with Gasteiger partial charge >= 0.3 is 12.4 Å². The van der Waals surface area contributed by atoms with Gasteiger partial charge in [0.25, 0.3) is 5.91 Å². The molecule has 0 atom stereocenters. The number of rotatable bonds is 3. The van der Waals surface area contributed by atoms with Crippen molar-refractivity contribution in [1.29, 1.82) is 0 Å². The number of aliphatic imine (C=N–C) groups is 1. The van der Waals surface area contributed by atoms with Gasteiger partial charge in [0.2, 0.25) is 0 Å². The highest BCUT2D eigenvalue weighted by atomic mass is 32.2. The van der Waals surface area contributed by atoms with Crippen LogP contribution in [0.5, 0.6) is 0 Å². The van der Waals surface area contributed by atoms with Crippen molar-refractivity contribution in [2.24, 2.45) is 10.7 Å². The van der Waals surface area contributed by atoms with Crippen molar-refractivity contribution in [2.75, 3.05) is 13.1 Å². The molecular formula is C23H17F6N5OS. The van der Waals surface area contributed by atoms with Crippen molar-refractivity contribution in [2.45, 2.75) is 24.9 Å². The van der Waals surface area contributed by atoms with Gasteiger partial charge in [0.05, 0.1) is 34.3 Å². The van der Waals surface area contributed by atoms with Crippen LogP contribution in [-0.2, 0) is 23.7 Å². The van der Waals surface area contributed by atoms with Gasteiger partial charge in [0, 0.05) is 24.5 Å². The molecule has 0 aliphatic carbocycles. The number of aromatic nitrogens is 2. The lowest BCUT2D eigenvalue weighted by Crippen LogP contribution is -2.56. The van der Waals surface area contributed by atoms with E-state index >= 15 is 0 Å². The lowest BCUT2D eigenvalue weighted by molar-refractivity contribution is -0.143. The zero-order valence-electron chi connectivity index (χ0n) is 18.3. The molecule has 36 heavy (non-hydrogen) atoms. The molecule has 1 aromatic heterocycles. The van der Waals surface area contributed by atoms with Crippen LogP contribution < -0.4 is 5.73 Å². The number of nitrogens with two attached hydrogens (primary N) is 1. The summed E-state index contributed by atoms with van der Waals surface area (Å²) in [5, 5.41) is 5.32. The first kappa shape index (κ1) is 24.4. The van der Waals surface area contributed by atoms with Crippen molar-refractivity contribution in [1.82, 2.24) is 14.7 Å². The molecule has 6 nitrogen and oxygen atoms in total. The van der Waals surface area contributed by atoms with Gasteiger partial charge in [-0.2, -0.15) is 36.4 Å². The molecule has 0 bridgehead atoms. The number of hydrogen-bond acceptors (Lipinski definition) is 5. The summed E-state index contributed by atoms with van der Waals surface area (Å²) in [6.45, 7) is 0.888. The van der Waals surface area contributed by atoms with Gasteiger partial charge in [-0.3, -0.25) is 9.48 Å². The number of amidine groups is 1. The van der Waals surface area contributed by atoms with E-state index in [4.69, 9.17) is 5.73 Å². The van der Waals surface area contributed by atoms with E-state index in [0.717, 1.165) is 6.07 Å². The minimum Gasteiger partial charge on any atom is -0.348 e. The predicted octanol–water partition coefficient (Wildman–Crippen LogP) is 4.74. The minimum atomic E-state index is -4.97. The second-order valence-corrected chi connectivity index (χ2v) is 9.47. The Hall–Kier alpha value is -3.32. The highest BCUT2D eigenvalue weighted by Crippen LogP contribution is 2.38. The average molecular weight is 525 g/mol. The molecule has 0 saturated carbocycles. The van der Waals surface area contributed by atoms with Crippen LogP contribution in [0.25, 0.3) is 17.0 Å². The SMILES string of the molecule is NC1CN(C2=NC(=O)/C(=C/c3ccc4c(cnn4Cc4ccc(C(F)(F)F)cc4C(F)(F)F)c3)S2)C1. The molecule has 0 radical (unpaired) electrons.